The van der Waals surface area contributed by atoms with Gasteiger partial charge in [0.15, 0.2) is 6.10 Å². The fourth-order valence-electron chi connectivity index (χ4n) is 1.86. The van der Waals surface area contributed by atoms with E-state index in [4.69, 9.17) is 4.74 Å². The molecule has 0 spiro atoms. The summed E-state index contributed by atoms with van der Waals surface area (Å²) in [4.78, 5) is 12.3. The summed E-state index contributed by atoms with van der Waals surface area (Å²) < 4.78 is 5.28. The average molecular weight is 225 g/mol. The number of carbonyl (C=O) groups excluding carboxylic acids is 1. The Labute approximate surface area is 93.4 Å². The molecule has 2 heterocycles. The minimum Gasteiger partial charge on any atom is -0.438 e. The number of hydrogen-bond donors (Lipinski definition) is 1. The monoisotopic (exact) mass is 225 g/mol. The van der Waals surface area contributed by atoms with Crippen LogP contribution >= 0.6 is 11.3 Å². The molecule has 1 aliphatic rings. The first kappa shape index (κ1) is 10.5. The number of nitrogens with one attached hydrogen (secondary N) is 1. The van der Waals surface area contributed by atoms with Gasteiger partial charge in [-0.15, -0.1) is 11.3 Å². The lowest BCUT2D eigenvalue weighted by molar-refractivity contribution is 0.131. The minimum atomic E-state index is -0.293. The number of rotatable bonds is 3. The van der Waals surface area contributed by atoms with Crippen LogP contribution in [0.5, 0.6) is 0 Å². The third kappa shape index (κ3) is 2.31. The Morgan fingerprint density at radius 2 is 2.40 bits per heavy atom. The molecule has 0 aliphatic carbocycles. The smallest absolute Gasteiger partial charge is 0.408 e. The van der Waals surface area contributed by atoms with Crippen LogP contribution in [0.4, 0.5) is 4.79 Å². The maximum atomic E-state index is 11.2. The summed E-state index contributed by atoms with van der Waals surface area (Å²) in [6.45, 7) is 4.30. The molecule has 15 heavy (non-hydrogen) atoms. The van der Waals surface area contributed by atoms with Gasteiger partial charge in [0.25, 0.3) is 0 Å². The molecule has 1 aliphatic heterocycles. The van der Waals surface area contributed by atoms with Gasteiger partial charge in [0, 0.05) is 4.88 Å². The van der Waals surface area contributed by atoms with Crippen molar-refractivity contribution < 1.29 is 9.53 Å². The first-order valence-electron chi connectivity index (χ1n) is 5.17. The van der Waals surface area contributed by atoms with E-state index < -0.39 is 0 Å². The number of alkyl carbamates (subject to hydrolysis) is 1. The fourth-order valence-corrected chi connectivity index (χ4v) is 2.68. The number of amides is 1. The number of cyclic esters (lactones) is 1. The van der Waals surface area contributed by atoms with Crippen molar-refractivity contribution in [2.45, 2.75) is 32.4 Å². The summed E-state index contributed by atoms with van der Waals surface area (Å²) in [7, 11) is 0. The molecule has 1 amide bonds. The molecule has 2 rings (SSSR count). The molecule has 2 unspecified atom stereocenters. The summed E-state index contributed by atoms with van der Waals surface area (Å²) >= 11 is 1.64. The topological polar surface area (TPSA) is 38.3 Å². The first-order chi connectivity index (χ1) is 7.16. The van der Waals surface area contributed by atoms with E-state index in [2.05, 4.69) is 19.2 Å². The van der Waals surface area contributed by atoms with E-state index in [0.717, 1.165) is 11.3 Å². The lowest BCUT2D eigenvalue weighted by Gasteiger charge is -2.17. The van der Waals surface area contributed by atoms with Gasteiger partial charge in [-0.25, -0.2) is 4.79 Å². The van der Waals surface area contributed by atoms with Crippen LogP contribution in [-0.4, -0.2) is 12.1 Å². The number of ether oxygens (including phenoxy) is 1. The Bertz CT molecular complexity index is 334. The standard InChI is InChI=1S/C11H15NO2S/c1-7(2)6-8-10(14-11(13)12-8)9-4-3-5-15-9/h3-5,7-8,10H,6H2,1-2H3,(H,12,13). The Kier molecular flexibility index (Phi) is 2.95. The fraction of sp³-hybridized carbons (Fsp3) is 0.545. The summed E-state index contributed by atoms with van der Waals surface area (Å²) in [5.74, 6) is 0.555. The van der Waals surface area contributed by atoms with Gasteiger partial charge >= 0.3 is 6.09 Å². The molecule has 3 nitrogen and oxygen atoms in total. The molecule has 0 radical (unpaired) electrons. The van der Waals surface area contributed by atoms with Gasteiger partial charge in [0.1, 0.15) is 0 Å². The van der Waals surface area contributed by atoms with Gasteiger partial charge in [-0.3, -0.25) is 0 Å². The van der Waals surface area contributed by atoms with E-state index >= 15 is 0 Å². The molecular formula is C11H15NO2S. The largest absolute Gasteiger partial charge is 0.438 e. The third-order valence-corrected chi connectivity index (χ3v) is 3.39. The van der Waals surface area contributed by atoms with Crippen LogP contribution in [-0.2, 0) is 4.74 Å². The van der Waals surface area contributed by atoms with Gasteiger partial charge in [0.05, 0.1) is 6.04 Å². The molecule has 1 aromatic rings. The highest BCUT2D eigenvalue weighted by atomic mass is 32.1. The van der Waals surface area contributed by atoms with Crippen molar-refractivity contribution in [2.75, 3.05) is 0 Å². The van der Waals surface area contributed by atoms with Crippen LogP contribution in [0.15, 0.2) is 17.5 Å². The van der Waals surface area contributed by atoms with Crippen LogP contribution in [0.25, 0.3) is 0 Å². The van der Waals surface area contributed by atoms with Crippen molar-refractivity contribution >= 4 is 17.4 Å². The first-order valence-corrected chi connectivity index (χ1v) is 6.05. The lowest BCUT2D eigenvalue weighted by Crippen LogP contribution is -2.28. The highest BCUT2D eigenvalue weighted by Gasteiger charge is 2.35. The van der Waals surface area contributed by atoms with Crippen molar-refractivity contribution in [1.82, 2.24) is 5.32 Å². The molecule has 82 valence electrons. The lowest BCUT2D eigenvalue weighted by atomic mass is 9.99. The molecular weight excluding hydrogens is 210 g/mol. The highest BCUT2D eigenvalue weighted by molar-refractivity contribution is 7.10. The molecule has 1 N–H and O–H groups in total. The van der Waals surface area contributed by atoms with Crippen molar-refractivity contribution in [3.63, 3.8) is 0 Å². The summed E-state index contributed by atoms with van der Waals surface area (Å²) in [6, 6.07) is 4.12. The second-order valence-corrected chi connectivity index (χ2v) is 5.20. The molecule has 2 atom stereocenters. The maximum absolute atomic E-state index is 11.2. The summed E-state index contributed by atoms with van der Waals surface area (Å²) in [5.41, 5.74) is 0. The SMILES string of the molecule is CC(C)CC1NC(=O)OC1c1cccs1. The van der Waals surface area contributed by atoms with Crippen molar-refractivity contribution in [2.24, 2.45) is 5.92 Å². The van der Waals surface area contributed by atoms with Gasteiger partial charge in [-0.05, 0) is 23.8 Å². The van der Waals surface area contributed by atoms with E-state index in [1.54, 1.807) is 11.3 Å². The summed E-state index contributed by atoms with van der Waals surface area (Å²) in [6.07, 6.45) is 0.563. The van der Waals surface area contributed by atoms with Crippen LogP contribution in [0.1, 0.15) is 31.2 Å². The second-order valence-electron chi connectivity index (χ2n) is 4.22. The molecule has 0 aromatic carbocycles. The van der Waals surface area contributed by atoms with Crippen LogP contribution in [0.3, 0.4) is 0 Å². The molecule has 1 aromatic heterocycles. The van der Waals surface area contributed by atoms with Gasteiger partial charge in [-0.2, -0.15) is 0 Å². The zero-order valence-corrected chi connectivity index (χ0v) is 9.71. The Hall–Kier alpha value is -1.03. The predicted octanol–water partition coefficient (Wildman–Crippen LogP) is 2.94. The van der Waals surface area contributed by atoms with E-state index in [0.29, 0.717) is 5.92 Å². The van der Waals surface area contributed by atoms with Crippen molar-refractivity contribution in [1.29, 1.82) is 0 Å². The van der Waals surface area contributed by atoms with Gasteiger partial charge < -0.3 is 10.1 Å². The van der Waals surface area contributed by atoms with Crippen LogP contribution in [0, 0.1) is 5.92 Å². The quantitative estimate of drug-likeness (QED) is 0.859. The maximum Gasteiger partial charge on any atom is 0.408 e. The molecule has 0 saturated carbocycles. The molecule has 0 bridgehead atoms. The molecule has 1 fully saturated rings. The van der Waals surface area contributed by atoms with Crippen molar-refractivity contribution in [3.05, 3.63) is 22.4 Å². The summed E-state index contributed by atoms with van der Waals surface area (Å²) in [5, 5.41) is 4.88. The zero-order valence-electron chi connectivity index (χ0n) is 8.90. The average Bonchev–Trinajstić information content (AvgIpc) is 2.72. The van der Waals surface area contributed by atoms with E-state index in [9.17, 15) is 4.79 Å². The Morgan fingerprint density at radius 1 is 1.60 bits per heavy atom. The third-order valence-electron chi connectivity index (χ3n) is 2.45. The predicted molar refractivity (Wildman–Crippen MR) is 59.9 cm³/mol. The second kappa shape index (κ2) is 4.23. The van der Waals surface area contributed by atoms with Gasteiger partial charge in [0.2, 0.25) is 0 Å². The van der Waals surface area contributed by atoms with E-state index in [1.807, 2.05) is 17.5 Å². The Balaban J connectivity index is 2.12. The normalized spacial score (nSPS) is 25.4. The zero-order chi connectivity index (χ0) is 10.8. The number of thiophene rings is 1. The number of carbonyl (C=O) groups is 1. The Morgan fingerprint density at radius 3 is 3.00 bits per heavy atom. The van der Waals surface area contributed by atoms with E-state index in [-0.39, 0.29) is 18.2 Å². The highest BCUT2D eigenvalue weighted by Crippen LogP contribution is 2.32. The van der Waals surface area contributed by atoms with Crippen LogP contribution < -0.4 is 5.32 Å². The number of hydrogen-bond acceptors (Lipinski definition) is 3. The van der Waals surface area contributed by atoms with Gasteiger partial charge in [-0.1, -0.05) is 19.9 Å². The molecule has 4 heteroatoms. The van der Waals surface area contributed by atoms with E-state index in [1.165, 1.54) is 0 Å². The molecule has 1 saturated heterocycles. The van der Waals surface area contributed by atoms with Crippen molar-refractivity contribution in [3.8, 4) is 0 Å². The van der Waals surface area contributed by atoms with Crippen LogP contribution in [0.2, 0.25) is 0 Å². The minimum absolute atomic E-state index is 0.0973.